The van der Waals surface area contributed by atoms with Crippen LogP contribution in [0.4, 0.5) is 9.93 Å². The minimum atomic E-state index is -1.58. The molecule has 0 radical (unpaired) electrons. The first-order valence-electron chi connectivity index (χ1n) is 10.4. The van der Waals surface area contributed by atoms with Gasteiger partial charge >= 0.3 is 35.7 Å². The standard InChI is InChI=1S/C19H22N6O7S2.Na/c20-18-21-10(8-34-18)11(23-31)14(26)22-12-15(27)25-13(17(28)29)9(7-33-16(12)25)6-32-19(30)24-4-2-1-3-5-24;/h8,12,16,31H,1-7H2,(H2,20,21)(H,22,26)(H,28,29);/q;+1/p-1/b23-11-;/t12?,16-;/m0./s1. The summed E-state index contributed by atoms with van der Waals surface area (Å²) >= 11 is 2.24. The van der Waals surface area contributed by atoms with Crippen LogP contribution in [0.25, 0.3) is 0 Å². The van der Waals surface area contributed by atoms with Crippen LogP contribution in [0.1, 0.15) is 25.0 Å². The van der Waals surface area contributed by atoms with Crippen LogP contribution < -0.4 is 45.7 Å². The first-order valence-corrected chi connectivity index (χ1v) is 12.3. The van der Waals surface area contributed by atoms with Crippen molar-refractivity contribution in [1.82, 2.24) is 20.1 Å². The third-order valence-electron chi connectivity index (χ3n) is 5.59. The fraction of sp³-hybridized carbons (Fsp3) is 0.474. The number of carbonyl (C=O) groups is 4. The van der Waals surface area contributed by atoms with Crippen LogP contribution in [0.2, 0.25) is 0 Å². The summed E-state index contributed by atoms with van der Waals surface area (Å²) in [7, 11) is 0. The quantitative estimate of drug-likeness (QED) is 0.107. The van der Waals surface area contributed by atoms with Gasteiger partial charge in [-0.25, -0.2) is 9.78 Å². The van der Waals surface area contributed by atoms with E-state index in [4.69, 9.17) is 10.5 Å². The van der Waals surface area contributed by atoms with Crippen molar-refractivity contribution < 1.29 is 63.8 Å². The number of oxime groups is 1. The number of nitrogens with two attached hydrogens (primary N) is 1. The SMILES string of the molecule is Nc1nc(/C(=N/O)C(=O)NC2C(=O)N3C(C(=O)[O-])=C(COC(=O)N4CCCCC4)CS[C@@H]23)cs1.[Na+]. The summed E-state index contributed by atoms with van der Waals surface area (Å²) < 4.78 is 5.29. The molecule has 2 fully saturated rings. The number of fused-ring (bicyclic) bond motifs is 1. The van der Waals surface area contributed by atoms with Crippen LogP contribution in [0.15, 0.2) is 21.8 Å². The van der Waals surface area contributed by atoms with Gasteiger partial charge in [-0.2, -0.15) is 0 Å². The summed E-state index contributed by atoms with van der Waals surface area (Å²) in [5, 5.41) is 27.3. The van der Waals surface area contributed by atoms with Gasteiger partial charge in [0.2, 0.25) is 0 Å². The fourth-order valence-corrected chi connectivity index (χ4v) is 5.79. The Labute approximate surface area is 230 Å². The Morgan fingerprint density at radius 1 is 1.31 bits per heavy atom. The predicted octanol–water partition coefficient (Wildman–Crippen LogP) is -4.07. The molecular weight excluding hydrogens is 511 g/mol. The number of aromatic nitrogens is 1. The first kappa shape index (κ1) is 27.3. The number of thiazole rings is 1. The van der Waals surface area contributed by atoms with Crippen molar-refractivity contribution in [3.8, 4) is 0 Å². The molecule has 3 aliphatic heterocycles. The molecule has 35 heavy (non-hydrogen) atoms. The van der Waals surface area contributed by atoms with Gasteiger partial charge in [-0.15, -0.1) is 23.1 Å². The smallest absolute Gasteiger partial charge is 0.543 e. The second-order valence-corrected chi connectivity index (χ2v) is 9.72. The number of carboxylic acid groups (broad SMARTS) is 1. The van der Waals surface area contributed by atoms with Gasteiger partial charge in [-0.3, -0.25) is 14.5 Å². The van der Waals surface area contributed by atoms with E-state index in [0.717, 1.165) is 35.5 Å². The van der Waals surface area contributed by atoms with Crippen LogP contribution in [-0.4, -0.2) is 86.4 Å². The monoisotopic (exact) mass is 532 g/mol. The van der Waals surface area contributed by atoms with E-state index in [1.807, 2.05) is 0 Å². The van der Waals surface area contributed by atoms with E-state index in [1.54, 1.807) is 4.90 Å². The molecule has 1 unspecified atom stereocenters. The molecule has 16 heteroatoms. The van der Waals surface area contributed by atoms with E-state index >= 15 is 0 Å². The van der Waals surface area contributed by atoms with Crippen molar-refractivity contribution in [3.05, 3.63) is 22.3 Å². The number of ether oxygens (including phenoxy) is 1. The number of piperidine rings is 1. The molecule has 2 atom stereocenters. The summed E-state index contributed by atoms with van der Waals surface area (Å²) in [4.78, 5) is 55.9. The zero-order valence-electron chi connectivity index (χ0n) is 18.8. The summed E-state index contributed by atoms with van der Waals surface area (Å²) in [6.07, 6.45) is 2.27. The Balaban J connectivity index is 0.00000342. The number of carbonyl (C=O) groups excluding carboxylic acids is 4. The zero-order chi connectivity index (χ0) is 24.4. The van der Waals surface area contributed by atoms with E-state index in [-0.39, 0.29) is 64.0 Å². The molecule has 0 aromatic carbocycles. The van der Waals surface area contributed by atoms with Crippen LogP contribution in [0, 0.1) is 0 Å². The average molecular weight is 533 g/mol. The molecule has 0 spiro atoms. The zero-order valence-corrected chi connectivity index (χ0v) is 22.4. The fourth-order valence-electron chi connectivity index (χ4n) is 3.92. The number of carboxylic acids is 1. The topological polar surface area (TPSA) is 191 Å². The van der Waals surface area contributed by atoms with E-state index in [9.17, 15) is 29.5 Å². The van der Waals surface area contributed by atoms with Gasteiger partial charge in [0.25, 0.3) is 11.8 Å². The summed E-state index contributed by atoms with van der Waals surface area (Å²) in [6, 6.07) is -1.06. The number of hydrogen-bond acceptors (Lipinski definition) is 12. The van der Waals surface area contributed by atoms with Gasteiger partial charge in [-0.05, 0) is 19.3 Å². The Kier molecular flexibility index (Phi) is 9.04. The number of hydrogen-bond donors (Lipinski definition) is 3. The number of nitrogen functional groups attached to an aromatic ring is 1. The van der Waals surface area contributed by atoms with Crippen LogP contribution in [0.3, 0.4) is 0 Å². The Hall–Kier alpha value is -2.33. The normalized spacial score (nSPS) is 22.1. The summed E-state index contributed by atoms with van der Waals surface area (Å²) in [6.45, 7) is 0.882. The molecule has 1 aromatic heterocycles. The molecule has 0 bridgehead atoms. The maximum Gasteiger partial charge on any atom is 1.00 e. The van der Waals surface area contributed by atoms with Gasteiger partial charge in [0, 0.05) is 29.8 Å². The summed E-state index contributed by atoms with van der Waals surface area (Å²) in [5.74, 6) is -2.98. The van der Waals surface area contributed by atoms with Crippen molar-refractivity contribution >= 4 is 57.8 Å². The van der Waals surface area contributed by atoms with Crippen molar-refractivity contribution in [2.75, 3.05) is 31.2 Å². The molecule has 182 valence electrons. The van der Waals surface area contributed by atoms with Crippen LogP contribution >= 0.6 is 23.1 Å². The largest absolute Gasteiger partial charge is 1.00 e. The van der Waals surface area contributed by atoms with E-state index in [0.29, 0.717) is 13.1 Å². The van der Waals surface area contributed by atoms with Crippen LogP contribution in [0.5, 0.6) is 0 Å². The number of aliphatic carboxylic acids is 1. The molecule has 3 amide bonds. The molecule has 13 nitrogen and oxygen atoms in total. The first-order chi connectivity index (χ1) is 16.3. The van der Waals surface area contributed by atoms with Crippen molar-refractivity contribution in [2.24, 2.45) is 5.16 Å². The molecule has 2 saturated heterocycles. The predicted molar refractivity (Wildman–Crippen MR) is 119 cm³/mol. The molecule has 4 heterocycles. The third kappa shape index (κ3) is 5.58. The Morgan fingerprint density at radius 2 is 2.03 bits per heavy atom. The Bertz CT molecular complexity index is 1090. The maximum atomic E-state index is 12.7. The number of amides is 3. The maximum absolute atomic E-state index is 12.7. The minimum Gasteiger partial charge on any atom is -0.543 e. The van der Waals surface area contributed by atoms with Crippen molar-refractivity contribution in [2.45, 2.75) is 30.7 Å². The molecular formula is C19H21N6NaO7S2. The van der Waals surface area contributed by atoms with Crippen molar-refractivity contribution in [1.29, 1.82) is 0 Å². The number of likely N-dealkylation sites (tertiary alicyclic amines) is 1. The van der Waals surface area contributed by atoms with Gasteiger partial charge in [0.15, 0.2) is 10.8 Å². The van der Waals surface area contributed by atoms with E-state index in [2.05, 4.69) is 15.5 Å². The van der Waals surface area contributed by atoms with Gasteiger partial charge < -0.3 is 35.8 Å². The second kappa shape index (κ2) is 11.6. The van der Waals surface area contributed by atoms with E-state index in [1.165, 1.54) is 17.1 Å². The van der Waals surface area contributed by atoms with E-state index < -0.39 is 41.0 Å². The van der Waals surface area contributed by atoms with Gasteiger partial charge in [-0.1, -0.05) is 5.16 Å². The molecule has 3 aliphatic rings. The molecule has 0 aliphatic carbocycles. The number of β-lactam (4-membered cyclic amide) rings is 1. The van der Waals surface area contributed by atoms with Gasteiger partial charge in [0.05, 0.1) is 11.7 Å². The van der Waals surface area contributed by atoms with Gasteiger partial charge in [0.1, 0.15) is 23.7 Å². The number of thioether (sulfide) groups is 1. The summed E-state index contributed by atoms with van der Waals surface area (Å²) in [5.41, 5.74) is 5.01. The third-order valence-corrected chi connectivity index (χ3v) is 7.60. The molecule has 4 rings (SSSR count). The number of nitrogens with one attached hydrogen (secondary N) is 1. The minimum absolute atomic E-state index is 0. The van der Waals surface area contributed by atoms with Crippen LogP contribution in [-0.2, 0) is 19.1 Å². The second-order valence-electron chi connectivity index (χ2n) is 7.72. The van der Waals surface area contributed by atoms with Crippen molar-refractivity contribution in [3.63, 3.8) is 0 Å². The molecule has 4 N–H and O–H groups in total. The number of anilines is 1. The average Bonchev–Trinajstić information content (AvgIpc) is 3.26. The molecule has 1 aromatic rings. The number of rotatable bonds is 6. The number of nitrogens with zero attached hydrogens (tertiary/aromatic N) is 4. The Morgan fingerprint density at radius 3 is 2.63 bits per heavy atom. The molecule has 0 saturated carbocycles.